The number of nitrogens with zero attached hydrogens (tertiary/aromatic N) is 2. The highest BCUT2D eigenvalue weighted by Crippen LogP contribution is 2.49. The van der Waals surface area contributed by atoms with Crippen molar-refractivity contribution < 1.29 is 4.79 Å². The van der Waals surface area contributed by atoms with Gasteiger partial charge in [0, 0.05) is 25.3 Å². The van der Waals surface area contributed by atoms with Crippen LogP contribution in [0.15, 0.2) is 23.4 Å². The Morgan fingerprint density at radius 3 is 2.71 bits per heavy atom. The Kier molecular flexibility index (Phi) is 1.93. The number of carbonyl (C=O) groups excluding carboxylic acids is 1. The van der Waals surface area contributed by atoms with Crippen LogP contribution in [0.3, 0.4) is 0 Å². The summed E-state index contributed by atoms with van der Waals surface area (Å²) in [7, 11) is 0. The number of rotatable bonds is 0. The Labute approximate surface area is 102 Å². The molecule has 3 heteroatoms. The molecule has 1 saturated carbocycles. The lowest BCUT2D eigenvalue weighted by Crippen LogP contribution is -2.39. The van der Waals surface area contributed by atoms with E-state index >= 15 is 0 Å². The molecule has 0 aromatic carbocycles. The van der Waals surface area contributed by atoms with Crippen LogP contribution in [-0.4, -0.2) is 35.5 Å². The number of likely N-dealkylation sites (tertiary alicyclic amines) is 2. The van der Waals surface area contributed by atoms with Crippen LogP contribution in [0, 0.1) is 11.8 Å². The third-order valence-corrected chi connectivity index (χ3v) is 4.51. The van der Waals surface area contributed by atoms with Crippen LogP contribution in [0.1, 0.15) is 25.7 Å². The number of hydrogen-bond donors (Lipinski definition) is 0. The summed E-state index contributed by atoms with van der Waals surface area (Å²) in [6.45, 7) is 2.80. The lowest BCUT2D eigenvalue weighted by atomic mass is 10.0. The van der Waals surface area contributed by atoms with E-state index in [9.17, 15) is 4.79 Å². The Balaban J connectivity index is 1.58. The van der Waals surface area contributed by atoms with E-state index in [2.05, 4.69) is 12.2 Å². The van der Waals surface area contributed by atoms with Gasteiger partial charge in [0.1, 0.15) is 0 Å². The molecule has 3 nitrogen and oxygen atoms in total. The van der Waals surface area contributed by atoms with Gasteiger partial charge in [0.15, 0.2) is 0 Å². The predicted molar refractivity (Wildman–Crippen MR) is 65.3 cm³/mol. The molecule has 0 spiro atoms. The SMILES string of the molecule is O=C(N1CCCC1)N1CCC2=CC3CC3C=C21. The second-order valence-corrected chi connectivity index (χ2v) is 5.69. The molecular weight excluding hydrogens is 212 g/mol. The zero-order chi connectivity index (χ0) is 11.4. The normalized spacial score (nSPS) is 34.1. The van der Waals surface area contributed by atoms with Crippen molar-refractivity contribution >= 4 is 6.03 Å². The van der Waals surface area contributed by atoms with Crippen molar-refractivity contribution in [1.82, 2.24) is 9.80 Å². The van der Waals surface area contributed by atoms with Gasteiger partial charge in [-0.05, 0) is 43.1 Å². The van der Waals surface area contributed by atoms with Gasteiger partial charge in [-0.15, -0.1) is 0 Å². The Bertz CT molecular complexity index is 432. The van der Waals surface area contributed by atoms with Gasteiger partial charge in [0.25, 0.3) is 0 Å². The average molecular weight is 230 g/mol. The predicted octanol–water partition coefficient (Wildman–Crippen LogP) is 2.37. The van der Waals surface area contributed by atoms with E-state index in [1.807, 2.05) is 9.80 Å². The maximum atomic E-state index is 12.4. The molecule has 0 aromatic heterocycles. The Morgan fingerprint density at radius 2 is 1.88 bits per heavy atom. The molecule has 3 fully saturated rings. The highest BCUT2D eigenvalue weighted by atomic mass is 16.2. The number of amides is 2. The van der Waals surface area contributed by atoms with Crippen molar-refractivity contribution in [2.24, 2.45) is 11.8 Å². The molecule has 2 aliphatic heterocycles. The number of hydrogen-bond acceptors (Lipinski definition) is 1. The van der Waals surface area contributed by atoms with Crippen molar-refractivity contribution in [3.8, 4) is 0 Å². The van der Waals surface area contributed by atoms with Crippen LogP contribution in [0.25, 0.3) is 0 Å². The first kappa shape index (κ1) is 9.75. The fraction of sp³-hybridized carbons (Fsp3) is 0.643. The number of urea groups is 1. The Hall–Kier alpha value is -1.25. The molecule has 2 amide bonds. The molecule has 0 N–H and O–H groups in total. The molecule has 0 bridgehead atoms. The second kappa shape index (κ2) is 3.37. The molecular formula is C14H18N2O. The van der Waals surface area contributed by atoms with E-state index in [0.29, 0.717) is 0 Å². The summed E-state index contributed by atoms with van der Waals surface area (Å²) in [4.78, 5) is 16.4. The zero-order valence-electron chi connectivity index (χ0n) is 10.1. The summed E-state index contributed by atoms with van der Waals surface area (Å²) >= 11 is 0. The lowest BCUT2D eigenvalue weighted by Gasteiger charge is -2.25. The van der Waals surface area contributed by atoms with Gasteiger partial charge >= 0.3 is 6.03 Å². The van der Waals surface area contributed by atoms with E-state index in [-0.39, 0.29) is 6.03 Å². The molecule has 4 aliphatic rings. The van der Waals surface area contributed by atoms with Crippen molar-refractivity contribution in [3.63, 3.8) is 0 Å². The van der Waals surface area contributed by atoms with Crippen molar-refractivity contribution in [1.29, 1.82) is 0 Å². The molecule has 17 heavy (non-hydrogen) atoms. The van der Waals surface area contributed by atoms with Gasteiger partial charge in [-0.25, -0.2) is 4.79 Å². The molecule has 4 rings (SSSR count). The van der Waals surface area contributed by atoms with Gasteiger partial charge in [-0.3, -0.25) is 4.90 Å². The van der Waals surface area contributed by atoms with Crippen molar-refractivity contribution in [3.05, 3.63) is 23.4 Å². The number of allylic oxidation sites excluding steroid dienone is 3. The van der Waals surface area contributed by atoms with Crippen LogP contribution in [-0.2, 0) is 0 Å². The Morgan fingerprint density at radius 1 is 1.12 bits per heavy atom. The summed E-state index contributed by atoms with van der Waals surface area (Å²) in [6, 6.07) is 0.247. The van der Waals surface area contributed by atoms with E-state index in [1.165, 1.54) is 30.5 Å². The van der Waals surface area contributed by atoms with Gasteiger partial charge < -0.3 is 4.90 Å². The largest absolute Gasteiger partial charge is 0.324 e. The molecule has 0 aromatic rings. The molecule has 2 atom stereocenters. The molecule has 2 unspecified atom stereocenters. The fourth-order valence-electron chi connectivity index (χ4n) is 3.38. The highest BCUT2D eigenvalue weighted by Gasteiger charge is 2.42. The number of fused-ring (bicyclic) bond motifs is 2. The molecule has 90 valence electrons. The van der Waals surface area contributed by atoms with E-state index in [4.69, 9.17) is 0 Å². The van der Waals surface area contributed by atoms with Gasteiger partial charge in [-0.2, -0.15) is 0 Å². The van der Waals surface area contributed by atoms with E-state index in [1.54, 1.807) is 0 Å². The maximum absolute atomic E-state index is 12.4. The monoisotopic (exact) mass is 230 g/mol. The summed E-state index contributed by atoms with van der Waals surface area (Å²) in [5.74, 6) is 1.54. The van der Waals surface area contributed by atoms with E-state index in [0.717, 1.165) is 37.9 Å². The highest BCUT2D eigenvalue weighted by molar-refractivity contribution is 5.79. The number of carbonyl (C=O) groups is 1. The topological polar surface area (TPSA) is 23.6 Å². The van der Waals surface area contributed by atoms with Crippen molar-refractivity contribution in [2.75, 3.05) is 19.6 Å². The summed E-state index contributed by atoms with van der Waals surface area (Å²) in [5.41, 5.74) is 2.66. The minimum atomic E-state index is 0.247. The zero-order valence-corrected chi connectivity index (χ0v) is 10.1. The first-order valence-electron chi connectivity index (χ1n) is 6.82. The first-order valence-corrected chi connectivity index (χ1v) is 6.82. The minimum absolute atomic E-state index is 0.247. The van der Waals surface area contributed by atoms with Crippen LogP contribution < -0.4 is 0 Å². The smallest absolute Gasteiger partial charge is 0.324 e. The first-order chi connectivity index (χ1) is 8.33. The van der Waals surface area contributed by atoms with Gasteiger partial charge in [-0.1, -0.05) is 12.2 Å². The molecule has 0 radical (unpaired) electrons. The maximum Gasteiger partial charge on any atom is 0.324 e. The third kappa shape index (κ3) is 1.44. The quantitative estimate of drug-likeness (QED) is 0.626. The van der Waals surface area contributed by atoms with Crippen LogP contribution in [0.2, 0.25) is 0 Å². The standard InChI is InChI=1S/C14H18N2O/c17-14(15-4-1-2-5-15)16-6-3-10-7-11-8-12(11)9-13(10)16/h7,9,11-12H,1-6,8H2. The van der Waals surface area contributed by atoms with Crippen LogP contribution >= 0.6 is 0 Å². The minimum Gasteiger partial charge on any atom is -0.324 e. The average Bonchev–Trinajstić information content (AvgIpc) is 2.80. The summed E-state index contributed by atoms with van der Waals surface area (Å²) < 4.78 is 0. The molecule has 2 saturated heterocycles. The van der Waals surface area contributed by atoms with Crippen molar-refractivity contribution in [2.45, 2.75) is 25.7 Å². The third-order valence-electron chi connectivity index (χ3n) is 4.51. The van der Waals surface area contributed by atoms with E-state index < -0.39 is 0 Å². The lowest BCUT2D eigenvalue weighted by molar-refractivity contribution is 0.181. The van der Waals surface area contributed by atoms with Gasteiger partial charge in [0.05, 0.1) is 0 Å². The summed E-state index contributed by atoms with van der Waals surface area (Å²) in [6.07, 6.45) is 9.48. The van der Waals surface area contributed by atoms with Crippen LogP contribution in [0.5, 0.6) is 0 Å². The fourth-order valence-corrected chi connectivity index (χ4v) is 3.38. The molecule has 2 aliphatic carbocycles. The van der Waals surface area contributed by atoms with Crippen LogP contribution in [0.4, 0.5) is 4.79 Å². The second-order valence-electron chi connectivity index (χ2n) is 5.69. The van der Waals surface area contributed by atoms with Gasteiger partial charge in [0.2, 0.25) is 0 Å². The molecule has 2 heterocycles. The summed E-state index contributed by atoms with van der Waals surface area (Å²) in [5, 5.41) is 0.